The predicted molar refractivity (Wildman–Crippen MR) is 102 cm³/mol. The van der Waals surface area contributed by atoms with Gasteiger partial charge in [-0.2, -0.15) is 5.10 Å². The van der Waals surface area contributed by atoms with Crippen LogP contribution >= 0.6 is 0 Å². The van der Waals surface area contributed by atoms with Crippen LogP contribution in [0.2, 0.25) is 0 Å². The Morgan fingerprint density at radius 1 is 0.920 bits per heavy atom. The number of hydrazone groups is 1. The largest absolute Gasteiger partial charge is 0.497 e. The van der Waals surface area contributed by atoms with Gasteiger partial charge in [-0.25, -0.2) is 0 Å². The van der Waals surface area contributed by atoms with Gasteiger partial charge in [0, 0.05) is 34.3 Å². The van der Waals surface area contributed by atoms with Gasteiger partial charge >= 0.3 is 0 Å². The molecule has 2 aromatic carbocycles. The van der Waals surface area contributed by atoms with E-state index in [1.54, 1.807) is 7.11 Å². The van der Waals surface area contributed by atoms with Crippen LogP contribution < -0.4 is 9.75 Å². The molecule has 0 spiro atoms. The Balaban J connectivity index is 1.77. The van der Waals surface area contributed by atoms with E-state index in [1.165, 1.54) is 22.5 Å². The van der Waals surface area contributed by atoms with Crippen molar-refractivity contribution >= 4 is 11.9 Å². The first-order chi connectivity index (χ1) is 12.2. The van der Waals surface area contributed by atoms with E-state index in [0.29, 0.717) is 0 Å². The fraction of sp³-hybridized carbons (Fsp3) is 0.190. The molecule has 2 heterocycles. The van der Waals surface area contributed by atoms with Crippen LogP contribution in [0.25, 0.3) is 5.69 Å². The van der Waals surface area contributed by atoms with E-state index in [2.05, 4.69) is 47.8 Å². The quantitative estimate of drug-likeness (QED) is 0.709. The van der Waals surface area contributed by atoms with Gasteiger partial charge in [0.2, 0.25) is 0 Å². The summed E-state index contributed by atoms with van der Waals surface area (Å²) in [5, 5.41) is 6.70. The zero-order valence-electron chi connectivity index (χ0n) is 14.7. The second-order valence-corrected chi connectivity index (χ2v) is 6.24. The molecule has 0 amide bonds. The summed E-state index contributed by atoms with van der Waals surface area (Å²) >= 11 is 0. The second-order valence-electron chi connectivity index (χ2n) is 6.24. The number of ether oxygens (including phenoxy) is 1. The maximum absolute atomic E-state index is 5.39. The Labute approximate surface area is 148 Å². The molecular formula is C21H21N3O. The number of benzene rings is 2. The van der Waals surface area contributed by atoms with Crippen LogP contribution in [-0.2, 0) is 6.54 Å². The average Bonchev–Trinajstić information content (AvgIpc) is 2.92. The lowest BCUT2D eigenvalue weighted by atomic mass is 10.1. The minimum Gasteiger partial charge on any atom is -0.497 e. The third-order valence-corrected chi connectivity index (χ3v) is 4.82. The summed E-state index contributed by atoms with van der Waals surface area (Å²) in [5.74, 6) is 0.863. The third-order valence-electron chi connectivity index (χ3n) is 4.82. The summed E-state index contributed by atoms with van der Waals surface area (Å²) < 4.78 is 7.67. The van der Waals surface area contributed by atoms with Gasteiger partial charge in [-0.3, -0.25) is 5.01 Å². The Morgan fingerprint density at radius 2 is 1.68 bits per heavy atom. The number of hydrogen-bond acceptors (Lipinski definition) is 3. The van der Waals surface area contributed by atoms with Crippen molar-refractivity contribution in [1.82, 2.24) is 4.57 Å². The van der Waals surface area contributed by atoms with Crippen molar-refractivity contribution in [3.05, 3.63) is 77.1 Å². The summed E-state index contributed by atoms with van der Waals surface area (Å²) in [7, 11) is 1.70. The van der Waals surface area contributed by atoms with E-state index < -0.39 is 0 Å². The Bertz CT molecular complexity index is 941. The molecule has 1 aliphatic rings. The molecule has 4 nitrogen and oxygen atoms in total. The minimum absolute atomic E-state index is 0.777. The number of hydrogen-bond donors (Lipinski definition) is 0. The summed E-state index contributed by atoms with van der Waals surface area (Å²) in [6.45, 7) is 5.10. The smallest absolute Gasteiger partial charge is 0.120 e. The van der Waals surface area contributed by atoms with E-state index >= 15 is 0 Å². The summed E-state index contributed by atoms with van der Waals surface area (Å²) in [4.78, 5) is 0. The van der Waals surface area contributed by atoms with Gasteiger partial charge in [0.15, 0.2) is 0 Å². The van der Waals surface area contributed by atoms with Crippen LogP contribution in [0, 0.1) is 13.8 Å². The monoisotopic (exact) mass is 331 g/mol. The first-order valence-corrected chi connectivity index (χ1v) is 8.41. The maximum atomic E-state index is 5.39. The van der Waals surface area contributed by atoms with E-state index in [9.17, 15) is 0 Å². The van der Waals surface area contributed by atoms with Crippen molar-refractivity contribution in [3.63, 3.8) is 0 Å². The Morgan fingerprint density at radius 3 is 2.44 bits per heavy atom. The van der Waals surface area contributed by atoms with E-state index in [-0.39, 0.29) is 0 Å². The van der Waals surface area contributed by atoms with Crippen molar-refractivity contribution < 1.29 is 4.74 Å². The van der Waals surface area contributed by atoms with Crippen LogP contribution in [-0.4, -0.2) is 17.9 Å². The van der Waals surface area contributed by atoms with Crippen LogP contribution in [0.5, 0.6) is 5.75 Å². The highest BCUT2D eigenvalue weighted by Gasteiger charge is 2.23. The molecule has 0 fully saturated rings. The van der Waals surface area contributed by atoms with Gasteiger partial charge in [-0.1, -0.05) is 24.3 Å². The molecule has 25 heavy (non-hydrogen) atoms. The third kappa shape index (κ3) is 2.60. The fourth-order valence-electron chi connectivity index (χ4n) is 3.50. The SMILES string of the molecule is COc1cccc(-n2c(C)c3c(c2C)CN(c2ccccc2)N=C3)c1. The summed E-state index contributed by atoms with van der Waals surface area (Å²) in [6, 6.07) is 18.5. The number of aromatic nitrogens is 1. The zero-order valence-corrected chi connectivity index (χ0v) is 14.7. The second kappa shape index (κ2) is 6.13. The molecule has 1 aliphatic heterocycles. The lowest BCUT2D eigenvalue weighted by Crippen LogP contribution is -2.20. The average molecular weight is 331 g/mol. The zero-order chi connectivity index (χ0) is 17.4. The lowest BCUT2D eigenvalue weighted by molar-refractivity contribution is 0.414. The Hall–Kier alpha value is -3.01. The molecule has 0 N–H and O–H groups in total. The van der Waals surface area contributed by atoms with Gasteiger partial charge < -0.3 is 9.30 Å². The molecular weight excluding hydrogens is 310 g/mol. The molecule has 0 aliphatic carbocycles. The van der Waals surface area contributed by atoms with E-state index in [1.807, 2.05) is 41.6 Å². The molecule has 1 aromatic heterocycles. The number of rotatable bonds is 3. The van der Waals surface area contributed by atoms with Crippen molar-refractivity contribution in [2.75, 3.05) is 12.1 Å². The maximum Gasteiger partial charge on any atom is 0.120 e. The first-order valence-electron chi connectivity index (χ1n) is 8.41. The molecule has 0 radical (unpaired) electrons. The molecule has 0 atom stereocenters. The van der Waals surface area contributed by atoms with E-state index in [4.69, 9.17) is 4.74 Å². The molecule has 0 saturated carbocycles. The topological polar surface area (TPSA) is 29.8 Å². The number of nitrogens with zero attached hydrogens (tertiary/aromatic N) is 3. The lowest BCUT2D eigenvalue weighted by Gasteiger charge is -2.23. The van der Waals surface area contributed by atoms with Crippen molar-refractivity contribution in [3.8, 4) is 11.4 Å². The fourth-order valence-corrected chi connectivity index (χ4v) is 3.50. The van der Waals surface area contributed by atoms with Gasteiger partial charge in [-0.15, -0.1) is 0 Å². The molecule has 4 rings (SSSR count). The molecule has 0 bridgehead atoms. The highest BCUT2D eigenvalue weighted by molar-refractivity contribution is 5.87. The van der Waals surface area contributed by atoms with Crippen LogP contribution in [0.4, 0.5) is 5.69 Å². The van der Waals surface area contributed by atoms with Crippen molar-refractivity contribution in [2.45, 2.75) is 20.4 Å². The summed E-state index contributed by atoms with van der Waals surface area (Å²) in [5.41, 5.74) is 7.20. The molecule has 0 saturated heterocycles. The normalized spacial score (nSPS) is 13.0. The number of fused-ring (bicyclic) bond motifs is 1. The van der Waals surface area contributed by atoms with Gasteiger partial charge in [0.1, 0.15) is 5.75 Å². The van der Waals surface area contributed by atoms with Gasteiger partial charge in [0.25, 0.3) is 0 Å². The van der Waals surface area contributed by atoms with Crippen molar-refractivity contribution in [2.24, 2.45) is 5.10 Å². The van der Waals surface area contributed by atoms with Crippen LogP contribution in [0.15, 0.2) is 59.7 Å². The first kappa shape index (κ1) is 15.5. The minimum atomic E-state index is 0.777. The molecule has 3 aromatic rings. The Kier molecular flexibility index (Phi) is 3.80. The van der Waals surface area contributed by atoms with Gasteiger partial charge in [0.05, 0.1) is 25.6 Å². The number of para-hydroxylation sites is 1. The highest BCUT2D eigenvalue weighted by atomic mass is 16.5. The number of methoxy groups -OCH3 is 1. The molecule has 0 unspecified atom stereocenters. The standard InChI is InChI=1S/C21H21N3O/c1-15-20-13-22-23(17-8-5-4-6-9-17)14-21(20)16(2)24(15)18-10-7-11-19(12-18)25-3/h4-13H,14H2,1-3H3. The molecule has 4 heteroatoms. The molecule has 126 valence electrons. The predicted octanol–water partition coefficient (Wildman–Crippen LogP) is 4.46. The van der Waals surface area contributed by atoms with Crippen molar-refractivity contribution in [1.29, 1.82) is 0 Å². The van der Waals surface area contributed by atoms with Crippen LogP contribution in [0.1, 0.15) is 22.5 Å². The number of anilines is 1. The van der Waals surface area contributed by atoms with Crippen LogP contribution in [0.3, 0.4) is 0 Å². The van der Waals surface area contributed by atoms with Gasteiger partial charge in [-0.05, 0) is 38.1 Å². The van der Waals surface area contributed by atoms with E-state index in [0.717, 1.165) is 23.7 Å². The summed E-state index contributed by atoms with van der Waals surface area (Å²) in [6.07, 6.45) is 1.98. The highest BCUT2D eigenvalue weighted by Crippen LogP contribution is 2.31.